The summed E-state index contributed by atoms with van der Waals surface area (Å²) >= 11 is 0. The number of rotatable bonds is 7. The second kappa shape index (κ2) is 9.04. The van der Waals surface area contributed by atoms with Crippen molar-refractivity contribution in [3.8, 4) is 0 Å². The molecule has 1 heterocycles. The van der Waals surface area contributed by atoms with Gasteiger partial charge in [0, 0.05) is 37.7 Å². The van der Waals surface area contributed by atoms with E-state index in [1.165, 1.54) is 5.56 Å². The van der Waals surface area contributed by atoms with Crippen LogP contribution >= 0.6 is 0 Å². The van der Waals surface area contributed by atoms with Gasteiger partial charge in [-0.15, -0.1) is 0 Å². The summed E-state index contributed by atoms with van der Waals surface area (Å²) in [6, 6.07) is 10.7. The molecular formula is C19H31N3O2. The molecule has 0 saturated carbocycles. The standard InChI is InChI=1S/C19H31N3O2/c1-14(2)22(4)13-15(3)21-19(23)20-12-17-10-11-24-18(17)16-8-6-5-7-9-16/h5-9,14-15,17-18H,10-13H2,1-4H3,(H2,20,21,23)/t15-,17-,18-/m0/s1. The first-order valence-electron chi connectivity index (χ1n) is 8.88. The van der Waals surface area contributed by atoms with Gasteiger partial charge in [-0.05, 0) is 39.8 Å². The number of carbonyl (C=O) groups excluding carboxylic acids is 1. The van der Waals surface area contributed by atoms with Crippen LogP contribution in [0, 0.1) is 5.92 Å². The summed E-state index contributed by atoms with van der Waals surface area (Å²) in [5, 5.41) is 6.02. The molecule has 24 heavy (non-hydrogen) atoms. The van der Waals surface area contributed by atoms with Gasteiger partial charge in [-0.2, -0.15) is 0 Å². The molecule has 0 aliphatic carbocycles. The second-order valence-corrected chi connectivity index (χ2v) is 7.04. The summed E-state index contributed by atoms with van der Waals surface area (Å²) in [6.45, 7) is 8.56. The van der Waals surface area contributed by atoms with Crippen molar-refractivity contribution >= 4 is 6.03 Å². The normalized spacial score (nSPS) is 21.9. The monoisotopic (exact) mass is 333 g/mol. The molecule has 5 nitrogen and oxygen atoms in total. The van der Waals surface area contributed by atoms with Crippen LogP contribution in [0.2, 0.25) is 0 Å². The van der Waals surface area contributed by atoms with Crippen molar-refractivity contribution in [3.63, 3.8) is 0 Å². The largest absolute Gasteiger partial charge is 0.373 e. The highest BCUT2D eigenvalue weighted by molar-refractivity contribution is 5.74. The summed E-state index contributed by atoms with van der Waals surface area (Å²) < 4.78 is 5.87. The number of nitrogens with one attached hydrogen (secondary N) is 2. The van der Waals surface area contributed by atoms with Crippen LogP contribution in [0.5, 0.6) is 0 Å². The first-order valence-corrected chi connectivity index (χ1v) is 8.88. The van der Waals surface area contributed by atoms with E-state index >= 15 is 0 Å². The van der Waals surface area contributed by atoms with Crippen LogP contribution in [0.1, 0.15) is 38.9 Å². The van der Waals surface area contributed by atoms with Crippen molar-refractivity contribution in [1.29, 1.82) is 0 Å². The number of urea groups is 1. The third-order valence-electron chi connectivity index (χ3n) is 4.69. The van der Waals surface area contributed by atoms with E-state index in [0.717, 1.165) is 19.6 Å². The molecule has 2 N–H and O–H groups in total. The molecule has 1 aromatic rings. The summed E-state index contributed by atoms with van der Waals surface area (Å²) in [7, 11) is 2.07. The Balaban J connectivity index is 1.77. The molecule has 0 radical (unpaired) electrons. The minimum absolute atomic E-state index is 0.0796. The van der Waals surface area contributed by atoms with Crippen LogP contribution < -0.4 is 10.6 Å². The lowest BCUT2D eigenvalue weighted by atomic mass is 9.95. The summed E-state index contributed by atoms with van der Waals surface area (Å²) in [6.07, 6.45) is 1.06. The number of carbonyl (C=O) groups is 1. The maximum Gasteiger partial charge on any atom is 0.315 e. The molecule has 1 aliphatic heterocycles. The predicted molar refractivity (Wildman–Crippen MR) is 97.0 cm³/mol. The number of nitrogens with zero attached hydrogens (tertiary/aromatic N) is 1. The minimum atomic E-state index is -0.0987. The maximum atomic E-state index is 12.1. The van der Waals surface area contributed by atoms with Gasteiger partial charge in [0.15, 0.2) is 0 Å². The van der Waals surface area contributed by atoms with Gasteiger partial charge in [-0.3, -0.25) is 0 Å². The topological polar surface area (TPSA) is 53.6 Å². The van der Waals surface area contributed by atoms with Crippen molar-refractivity contribution in [2.45, 2.75) is 45.4 Å². The average molecular weight is 333 g/mol. The van der Waals surface area contributed by atoms with E-state index in [4.69, 9.17) is 4.74 Å². The van der Waals surface area contributed by atoms with Gasteiger partial charge in [0.05, 0.1) is 6.10 Å². The molecule has 5 heteroatoms. The van der Waals surface area contributed by atoms with E-state index < -0.39 is 0 Å². The van der Waals surface area contributed by atoms with Gasteiger partial charge >= 0.3 is 6.03 Å². The molecule has 1 aliphatic rings. The number of likely N-dealkylation sites (N-methyl/N-ethyl adjacent to an activating group) is 1. The average Bonchev–Trinajstić information content (AvgIpc) is 3.02. The fourth-order valence-electron chi connectivity index (χ4n) is 3.04. The lowest BCUT2D eigenvalue weighted by Gasteiger charge is -2.26. The van der Waals surface area contributed by atoms with Gasteiger partial charge in [-0.25, -0.2) is 4.79 Å². The van der Waals surface area contributed by atoms with E-state index in [0.29, 0.717) is 18.5 Å². The van der Waals surface area contributed by atoms with Crippen LogP contribution in [-0.2, 0) is 4.74 Å². The summed E-state index contributed by atoms with van der Waals surface area (Å²) in [4.78, 5) is 14.3. The van der Waals surface area contributed by atoms with Gasteiger partial charge in [-0.1, -0.05) is 30.3 Å². The van der Waals surface area contributed by atoms with Gasteiger partial charge in [0.1, 0.15) is 0 Å². The molecule has 0 spiro atoms. The molecule has 0 aromatic heterocycles. The van der Waals surface area contributed by atoms with Crippen molar-refractivity contribution in [3.05, 3.63) is 35.9 Å². The Morgan fingerprint density at radius 2 is 2.00 bits per heavy atom. The van der Waals surface area contributed by atoms with Crippen LogP contribution in [-0.4, -0.2) is 49.8 Å². The minimum Gasteiger partial charge on any atom is -0.373 e. The van der Waals surface area contributed by atoms with Gasteiger partial charge in [0.25, 0.3) is 0 Å². The van der Waals surface area contributed by atoms with E-state index in [1.54, 1.807) is 0 Å². The first kappa shape index (κ1) is 18.7. The highest BCUT2D eigenvalue weighted by Crippen LogP contribution is 2.33. The Labute approximate surface area is 145 Å². The Morgan fingerprint density at radius 1 is 1.29 bits per heavy atom. The fraction of sp³-hybridized carbons (Fsp3) is 0.632. The zero-order valence-corrected chi connectivity index (χ0v) is 15.3. The molecule has 1 aromatic carbocycles. The van der Waals surface area contributed by atoms with Gasteiger partial charge in [0.2, 0.25) is 0 Å². The Bertz CT molecular complexity index is 507. The Kier molecular flexibility index (Phi) is 7.06. The molecule has 0 bridgehead atoms. The predicted octanol–water partition coefficient (Wildman–Crippen LogP) is 2.79. The second-order valence-electron chi connectivity index (χ2n) is 7.04. The van der Waals surface area contributed by atoms with E-state index in [2.05, 4.69) is 48.6 Å². The SMILES string of the molecule is CC(C)N(C)C[C@H](C)NC(=O)NC[C@@H]1CCO[C@H]1c1ccccc1. The number of ether oxygens (including phenoxy) is 1. The van der Waals surface area contributed by atoms with Crippen molar-refractivity contribution < 1.29 is 9.53 Å². The van der Waals surface area contributed by atoms with Crippen molar-refractivity contribution in [2.24, 2.45) is 5.92 Å². The lowest BCUT2D eigenvalue weighted by molar-refractivity contribution is 0.0909. The molecular weight excluding hydrogens is 302 g/mol. The van der Waals surface area contributed by atoms with E-state index in [1.807, 2.05) is 25.1 Å². The zero-order chi connectivity index (χ0) is 17.5. The number of amides is 2. The molecule has 0 unspecified atom stereocenters. The quantitative estimate of drug-likeness (QED) is 0.807. The van der Waals surface area contributed by atoms with Crippen LogP contribution in [0.3, 0.4) is 0 Å². The fourth-order valence-corrected chi connectivity index (χ4v) is 3.04. The lowest BCUT2D eigenvalue weighted by Crippen LogP contribution is -2.47. The number of hydrogen-bond acceptors (Lipinski definition) is 3. The summed E-state index contributed by atoms with van der Waals surface area (Å²) in [5.41, 5.74) is 1.19. The van der Waals surface area contributed by atoms with Crippen molar-refractivity contribution in [1.82, 2.24) is 15.5 Å². The third kappa shape index (κ3) is 5.49. The van der Waals surface area contributed by atoms with Gasteiger partial charge < -0.3 is 20.3 Å². The van der Waals surface area contributed by atoms with E-state index in [-0.39, 0.29) is 18.2 Å². The molecule has 134 valence electrons. The maximum absolute atomic E-state index is 12.1. The highest BCUT2D eigenvalue weighted by Gasteiger charge is 2.29. The molecule has 1 saturated heterocycles. The smallest absolute Gasteiger partial charge is 0.315 e. The Morgan fingerprint density at radius 3 is 2.67 bits per heavy atom. The molecule has 2 rings (SSSR count). The molecule has 3 atom stereocenters. The van der Waals surface area contributed by atoms with Crippen molar-refractivity contribution in [2.75, 3.05) is 26.7 Å². The molecule has 2 amide bonds. The summed E-state index contributed by atoms with van der Waals surface area (Å²) in [5.74, 6) is 0.326. The van der Waals surface area contributed by atoms with Crippen LogP contribution in [0.25, 0.3) is 0 Å². The Hall–Kier alpha value is -1.59. The van der Waals surface area contributed by atoms with Crippen LogP contribution in [0.4, 0.5) is 4.79 Å². The number of benzene rings is 1. The number of hydrogen-bond donors (Lipinski definition) is 2. The molecule has 1 fully saturated rings. The zero-order valence-electron chi connectivity index (χ0n) is 15.3. The first-order chi connectivity index (χ1) is 11.5. The third-order valence-corrected chi connectivity index (χ3v) is 4.69. The van der Waals surface area contributed by atoms with Crippen LogP contribution in [0.15, 0.2) is 30.3 Å². The van der Waals surface area contributed by atoms with E-state index in [9.17, 15) is 4.79 Å². The highest BCUT2D eigenvalue weighted by atomic mass is 16.5.